The van der Waals surface area contributed by atoms with Gasteiger partial charge >= 0.3 is 0 Å². The standard InChI is InChI=1S/C11H26N2O2/c1-4-8-14-10-11-15-9-7-13(3)6-5-12-2/h12H,4-11H2,1-3H3. The van der Waals surface area contributed by atoms with Crippen LogP contribution < -0.4 is 5.32 Å². The molecule has 0 aromatic rings. The van der Waals surface area contributed by atoms with Gasteiger partial charge in [-0.2, -0.15) is 0 Å². The van der Waals surface area contributed by atoms with E-state index in [1.807, 2.05) is 7.05 Å². The first-order chi connectivity index (χ1) is 7.31. The van der Waals surface area contributed by atoms with Crippen LogP contribution in [0.15, 0.2) is 0 Å². The molecular weight excluding hydrogens is 192 g/mol. The van der Waals surface area contributed by atoms with Gasteiger partial charge in [-0.1, -0.05) is 6.92 Å². The van der Waals surface area contributed by atoms with E-state index in [1.54, 1.807) is 0 Å². The van der Waals surface area contributed by atoms with Crippen LogP contribution in [0.5, 0.6) is 0 Å². The third-order valence-corrected chi connectivity index (χ3v) is 2.08. The summed E-state index contributed by atoms with van der Waals surface area (Å²) in [5, 5.41) is 3.12. The molecule has 0 aromatic carbocycles. The van der Waals surface area contributed by atoms with E-state index >= 15 is 0 Å². The SMILES string of the molecule is CCCOCCOCCN(C)CCNC. The molecule has 0 amide bonds. The fraction of sp³-hybridized carbons (Fsp3) is 1.00. The van der Waals surface area contributed by atoms with E-state index in [-0.39, 0.29) is 0 Å². The Bertz CT molecular complexity index is 123. The Morgan fingerprint density at radius 3 is 2.27 bits per heavy atom. The summed E-state index contributed by atoms with van der Waals surface area (Å²) in [6.07, 6.45) is 1.08. The second-order valence-corrected chi connectivity index (χ2v) is 3.63. The van der Waals surface area contributed by atoms with Gasteiger partial charge in [0.2, 0.25) is 0 Å². The zero-order valence-electron chi connectivity index (χ0n) is 10.4. The molecule has 0 fully saturated rings. The summed E-state index contributed by atoms with van der Waals surface area (Å²) >= 11 is 0. The zero-order chi connectivity index (χ0) is 11.4. The van der Waals surface area contributed by atoms with Crippen molar-refractivity contribution in [1.29, 1.82) is 0 Å². The Hall–Kier alpha value is -0.160. The topological polar surface area (TPSA) is 33.7 Å². The van der Waals surface area contributed by atoms with Gasteiger partial charge in [-0.3, -0.25) is 0 Å². The van der Waals surface area contributed by atoms with Crippen molar-refractivity contribution in [3.8, 4) is 0 Å². The average Bonchev–Trinajstić information content (AvgIpc) is 2.25. The molecular formula is C11H26N2O2. The molecule has 4 nitrogen and oxygen atoms in total. The van der Waals surface area contributed by atoms with E-state index in [9.17, 15) is 0 Å². The Labute approximate surface area is 93.9 Å². The van der Waals surface area contributed by atoms with Gasteiger partial charge in [-0.15, -0.1) is 0 Å². The van der Waals surface area contributed by atoms with E-state index in [2.05, 4.69) is 24.2 Å². The van der Waals surface area contributed by atoms with Crippen molar-refractivity contribution in [3.63, 3.8) is 0 Å². The largest absolute Gasteiger partial charge is 0.379 e. The molecule has 4 heteroatoms. The lowest BCUT2D eigenvalue weighted by atomic mass is 10.5. The van der Waals surface area contributed by atoms with E-state index in [0.29, 0.717) is 13.2 Å². The quantitative estimate of drug-likeness (QED) is 0.514. The molecule has 1 N–H and O–H groups in total. The maximum Gasteiger partial charge on any atom is 0.0701 e. The highest BCUT2D eigenvalue weighted by Gasteiger charge is 1.96. The van der Waals surface area contributed by atoms with Crippen molar-refractivity contribution in [2.45, 2.75) is 13.3 Å². The lowest BCUT2D eigenvalue weighted by Gasteiger charge is -2.16. The van der Waals surface area contributed by atoms with Crippen molar-refractivity contribution in [1.82, 2.24) is 10.2 Å². The molecule has 0 saturated heterocycles. The molecule has 0 atom stereocenters. The lowest BCUT2D eigenvalue weighted by Crippen LogP contribution is -2.30. The van der Waals surface area contributed by atoms with Crippen LogP contribution in [0.4, 0.5) is 0 Å². The van der Waals surface area contributed by atoms with Gasteiger partial charge in [0.25, 0.3) is 0 Å². The number of nitrogens with zero attached hydrogens (tertiary/aromatic N) is 1. The minimum Gasteiger partial charge on any atom is -0.379 e. The molecule has 0 rings (SSSR count). The van der Waals surface area contributed by atoms with Crippen LogP contribution >= 0.6 is 0 Å². The normalized spacial score (nSPS) is 11.2. The van der Waals surface area contributed by atoms with Crippen LogP contribution in [0.1, 0.15) is 13.3 Å². The summed E-state index contributed by atoms with van der Waals surface area (Å²) in [5.74, 6) is 0. The zero-order valence-corrected chi connectivity index (χ0v) is 10.4. The number of hydrogen-bond donors (Lipinski definition) is 1. The van der Waals surface area contributed by atoms with Crippen molar-refractivity contribution in [3.05, 3.63) is 0 Å². The van der Waals surface area contributed by atoms with Crippen molar-refractivity contribution >= 4 is 0 Å². The fourth-order valence-corrected chi connectivity index (χ4v) is 1.10. The highest BCUT2D eigenvalue weighted by molar-refractivity contribution is 4.51. The predicted octanol–water partition coefficient (Wildman–Crippen LogP) is 0.581. The van der Waals surface area contributed by atoms with Crippen LogP contribution in [0.2, 0.25) is 0 Å². The molecule has 92 valence electrons. The van der Waals surface area contributed by atoms with Gasteiger partial charge < -0.3 is 19.7 Å². The summed E-state index contributed by atoms with van der Waals surface area (Å²) in [6, 6.07) is 0. The minimum atomic E-state index is 0.708. The Morgan fingerprint density at radius 1 is 1.00 bits per heavy atom. The second-order valence-electron chi connectivity index (χ2n) is 3.63. The Morgan fingerprint density at radius 2 is 1.67 bits per heavy atom. The van der Waals surface area contributed by atoms with Gasteiger partial charge in [0, 0.05) is 26.2 Å². The maximum absolute atomic E-state index is 5.44. The van der Waals surface area contributed by atoms with Crippen molar-refractivity contribution < 1.29 is 9.47 Å². The molecule has 0 aliphatic heterocycles. The van der Waals surface area contributed by atoms with Gasteiger partial charge in [-0.05, 0) is 20.5 Å². The molecule has 0 aliphatic carbocycles. The summed E-state index contributed by atoms with van der Waals surface area (Å²) in [5.41, 5.74) is 0. The Kier molecular flexibility index (Phi) is 11.8. The molecule has 0 bridgehead atoms. The molecule has 0 unspecified atom stereocenters. The highest BCUT2D eigenvalue weighted by atomic mass is 16.5. The van der Waals surface area contributed by atoms with Crippen molar-refractivity contribution in [2.75, 3.05) is 60.2 Å². The molecule has 0 saturated carbocycles. The summed E-state index contributed by atoms with van der Waals surface area (Å²) < 4.78 is 10.7. The van der Waals surface area contributed by atoms with Gasteiger partial charge in [-0.25, -0.2) is 0 Å². The van der Waals surface area contributed by atoms with E-state index in [1.165, 1.54) is 0 Å². The first-order valence-electron chi connectivity index (χ1n) is 5.80. The third-order valence-electron chi connectivity index (χ3n) is 2.08. The molecule has 15 heavy (non-hydrogen) atoms. The first kappa shape index (κ1) is 14.8. The maximum atomic E-state index is 5.44. The Balaban J connectivity index is 3.02. The second kappa shape index (κ2) is 11.9. The molecule has 0 aromatic heterocycles. The number of likely N-dealkylation sites (N-methyl/N-ethyl adjacent to an activating group) is 2. The van der Waals surface area contributed by atoms with E-state index in [0.717, 1.165) is 39.3 Å². The lowest BCUT2D eigenvalue weighted by molar-refractivity contribution is 0.0412. The molecule has 0 heterocycles. The van der Waals surface area contributed by atoms with Crippen LogP contribution in [-0.2, 0) is 9.47 Å². The predicted molar refractivity (Wildman–Crippen MR) is 63.4 cm³/mol. The van der Waals surface area contributed by atoms with E-state index in [4.69, 9.17) is 9.47 Å². The number of ether oxygens (including phenoxy) is 2. The van der Waals surface area contributed by atoms with Crippen LogP contribution in [-0.4, -0.2) is 65.1 Å². The minimum absolute atomic E-state index is 0.708. The average molecular weight is 218 g/mol. The monoisotopic (exact) mass is 218 g/mol. The number of rotatable bonds is 11. The van der Waals surface area contributed by atoms with Crippen LogP contribution in [0, 0.1) is 0 Å². The fourth-order valence-electron chi connectivity index (χ4n) is 1.10. The summed E-state index contributed by atoms with van der Waals surface area (Å²) in [7, 11) is 4.07. The number of nitrogens with one attached hydrogen (secondary N) is 1. The summed E-state index contributed by atoms with van der Waals surface area (Å²) in [6.45, 7) is 8.23. The van der Waals surface area contributed by atoms with Crippen molar-refractivity contribution in [2.24, 2.45) is 0 Å². The smallest absolute Gasteiger partial charge is 0.0701 e. The third kappa shape index (κ3) is 11.8. The first-order valence-corrected chi connectivity index (χ1v) is 5.80. The van der Waals surface area contributed by atoms with Crippen LogP contribution in [0.25, 0.3) is 0 Å². The summed E-state index contributed by atoms with van der Waals surface area (Å²) in [4.78, 5) is 2.25. The van der Waals surface area contributed by atoms with E-state index < -0.39 is 0 Å². The highest BCUT2D eigenvalue weighted by Crippen LogP contribution is 1.84. The molecule has 0 aliphatic rings. The van der Waals surface area contributed by atoms with Gasteiger partial charge in [0.1, 0.15) is 0 Å². The van der Waals surface area contributed by atoms with Crippen LogP contribution in [0.3, 0.4) is 0 Å². The van der Waals surface area contributed by atoms with Gasteiger partial charge in [0.15, 0.2) is 0 Å². The van der Waals surface area contributed by atoms with Gasteiger partial charge in [0.05, 0.1) is 19.8 Å². The molecule has 0 spiro atoms. The molecule has 0 radical (unpaired) electrons. The number of hydrogen-bond acceptors (Lipinski definition) is 4.